The Morgan fingerprint density at radius 3 is 2.80 bits per heavy atom. The maximum absolute atomic E-state index is 5.68. The lowest BCUT2D eigenvalue weighted by atomic mass is 10.2. The predicted octanol–water partition coefficient (Wildman–Crippen LogP) is 2.49. The molecule has 0 fully saturated rings. The Labute approximate surface area is 92.2 Å². The molecule has 1 rings (SSSR count). The molecule has 0 N–H and O–H groups in total. The lowest BCUT2D eigenvalue weighted by Crippen LogP contribution is -2.24. The molecule has 0 atom stereocenters. The highest BCUT2D eigenvalue weighted by Gasteiger charge is 1.99. The molecule has 1 aromatic rings. The van der Waals surface area contributed by atoms with Crippen molar-refractivity contribution >= 4 is 0 Å². The maximum atomic E-state index is 5.68. The molecule has 0 saturated carbocycles. The molecule has 2 nitrogen and oxygen atoms in total. The number of benzene rings is 1. The SMILES string of the molecule is C=CCN(C)CCOc1ccccc1C. The zero-order chi connectivity index (χ0) is 11.1. The molecule has 15 heavy (non-hydrogen) atoms. The number of hydrogen-bond acceptors (Lipinski definition) is 2. The molecule has 1 aromatic carbocycles. The van der Waals surface area contributed by atoms with Crippen LogP contribution in [0.15, 0.2) is 36.9 Å². The molecule has 0 amide bonds. The van der Waals surface area contributed by atoms with Crippen LogP contribution in [-0.4, -0.2) is 31.6 Å². The summed E-state index contributed by atoms with van der Waals surface area (Å²) in [5, 5.41) is 0. The fourth-order valence-electron chi connectivity index (χ4n) is 1.34. The number of likely N-dealkylation sites (N-methyl/N-ethyl adjacent to an activating group) is 1. The molecule has 82 valence electrons. The highest BCUT2D eigenvalue weighted by atomic mass is 16.5. The van der Waals surface area contributed by atoms with E-state index in [1.54, 1.807) is 0 Å². The highest BCUT2D eigenvalue weighted by Crippen LogP contribution is 2.15. The van der Waals surface area contributed by atoms with Crippen LogP contribution in [0.25, 0.3) is 0 Å². The third-order valence-corrected chi connectivity index (χ3v) is 2.26. The van der Waals surface area contributed by atoms with Gasteiger partial charge in [0.2, 0.25) is 0 Å². The molecular weight excluding hydrogens is 186 g/mol. The second-order valence-electron chi connectivity index (χ2n) is 3.66. The molecule has 0 bridgehead atoms. The molecule has 0 saturated heterocycles. The second kappa shape index (κ2) is 6.25. The highest BCUT2D eigenvalue weighted by molar-refractivity contribution is 5.31. The fraction of sp³-hybridized carbons (Fsp3) is 0.385. The van der Waals surface area contributed by atoms with Crippen LogP contribution in [0, 0.1) is 6.92 Å². The van der Waals surface area contributed by atoms with E-state index in [1.807, 2.05) is 24.3 Å². The zero-order valence-corrected chi connectivity index (χ0v) is 9.57. The van der Waals surface area contributed by atoms with Crippen molar-refractivity contribution < 1.29 is 4.74 Å². The van der Waals surface area contributed by atoms with Crippen LogP contribution in [0.1, 0.15) is 5.56 Å². The average Bonchev–Trinajstić information content (AvgIpc) is 2.21. The van der Waals surface area contributed by atoms with Gasteiger partial charge in [-0.3, -0.25) is 4.90 Å². The molecule has 0 unspecified atom stereocenters. The van der Waals surface area contributed by atoms with Gasteiger partial charge in [-0.15, -0.1) is 6.58 Å². The van der Waals surface area contributed by atoms with Gasteiger partial charge in [0.05, 0.1) is 0 Å². The van der Waals surface area contributed by atoms with Crippen LogP contribution in [-0.2, 0) is 0 Å². The van der Waals surface area contributed by atoms with Gasteiger partial charge in [-0.2, -0.15) is 0 Å². The van der Waals surface area contributed by atoms with Crippen molar-refractivity contribution in [1.82, 2.24) is 4.90 Å². The van der Waals surface area contributed by atoms with E-state index in [2.05, 4.69) is 31.5 Å². The molecule has 0 radical (unpaired) electrons. The first-order valence-corrected chi connectivity index (χ1v) is 5.22. The fourth-order valence-corrected chi connectivity index (χ4v) is 1.34. The van der Waals surface area contributed by atoms with Crippen molar-refractivity contribution in [3.05, 3.63) is 42.5 Å². The lowest BCUT2D eigenvalue weighted by Gasteiger charge is -2.15. The molecule has 0 spiro atoms. The summed E-state index contributed by atoms with van der Waals surface area (Å²) in [6.07, 6.45) is 1.90. The summed E-state index contributed by atoms with van der Waals surface area (Å²) < 4.78 is 5.68. The minimum atomic E-state index is 0.717. The number of nitrogens with zero attached hydrogens (tertiary/aromatic N) is 1. The maximum Gasteiger partial charge on any atom is 0.122 e. The van der Waals surface area contributed by atoms with Gasteiger partial charge in [-0.05, 0) is 25.6 Å². The first-order chi connectivity index (χ1) is 7.24. The minimum Gasteiger partial charge on any atom is -0.492 e. The first-order valence-electron chi connectivity index (χ1n) is 5.22. The van der Waals surface area contributed by atoms with Crippen molar-refractivity contribution in [3.8, 4) is 5.75 Å². The number of hydrogen-bond donors (Lipinski definition) is 0. The van der Waals surface area contributed by atoms with Gasteiger partial charge in [0.15, 0.2) is 0 Å². The van der Waals surface area contributed by atoms with E-state index >= 15 is 0 Å². The molecule has 0 heterocycles. The van der Waals surface area contributed by atoms with E-state index in [0.29, 0.717) is 0 Å². The quantitative estimate of drug-likeness (QED) is 0.662. The third-order valence-electron chi connectivity index (χ3n) is 2.26. The van der Waals surface area contributed by atoms with Gasteiger partial charge in [0.25, 0.3) is 0 Å². The standard InChI is InChI=1S/C13H19NO/c1-4-9-14(3)10-11-15-13-8-6-5-7-12(13)2/h4-8H,1,9-11H2,2-3H3. The van der Waals surface area contributed by atoms with Crippen LogP contribution in [0.5, 0.6) is 5.75 Å². The average molecular weight is 205 g/mol. The summed E-state index contributed by atoms with van der Waals surface area (Å²) in [5.41, 5.74) is 1.18. The Morgan fingerprint density at radius 2 is 2.13 bits per heavy atom. The second-order valence-corrected chi connectivity index (χ2v) is 3.66. The van der Waals surface area contributed by atoms with Crippen LogP contribution >= 0.6 is 0 Å². The Bertz CT molecular complexity index is 309. The van der Waals surface area contributed by atoms with Gasteiger partial charge in [0.1, 0.15) is 12.4 Å². The van der Waals surface area contributed by atoms with E-state index in [4.69, 9.17) is 4.74 Å². The number of ether oxygens (including phenoxy) is 1. The van der Waals surface area contributed by atoms with E-state index < -0.39 is 0 Å². The Morgan fingerprint density at radius 1 is 1.40 bits per heavy atom. The topological polar surface area (TPSA) is 12.5 Å². The minimum absolute atomic E-state index is 0.717. The van der Waals surface area contributed by atoms with Gasteiger partial charge in [0, 0.05) is 13.1 Å². The van der Waals surface area contributed by atoms with E-state index in [9.17, 15) is 0 Å². The summed E-state index contributed by atoms with van der Waals surface area (Å²) >= 11 is 0. The van der Waals surface area contributed by atoms with Gasteiger partial charge < -0.3 is 4.74 Å². The van der Waals surface area contributed by atoms with Crippen molar-refractivity contribution in [2.75, 3.05) is 26.7 Å². The first kappa shape index (κ1) is 11.8. The van der Waals surface area contributed by atoms with Crippen molar-refractivity contribution in [2.24, 2.45) is 0 Å². The number of para-hydroxylation sites is 1. The van der Waals surface area contributed by atoms with E-state index in [0.717, 1.165) is 25.4 Å². The summed E-state index contributed by atoms with van der Waals surface area (Å²) in [6.45, 7) is 8.29. The van der Waals surface area contributed by atoms with Gasteiger partial charge in [-0.25, -0.2) is 0 Å². The monoisotopic (exact) mass is 205 g/mol. The molecule has 0 aliphatic carbocycles. The summed E-state index contributed by atoms with van der Waals surface area (Å²) in [7, 11) is 2.06. The van der Waals surface area contributed by atoms with Gasteiger partial charge in [-0.1, -0.05) is 24.3 Å². The van der Waals surface area contributed by atoms with Crippen molar-refractivity contribution in [1.29, 1.82) is 0 Å². The number of rotatable bonds is 6. The zero-order valence-electron chi connectivity index (χ0n) is 9.57. The summed E-state index contributed by atoms with van der Waals surface area (Å²) in [5.74, 6) is 0.976. The third kappa shape index (κ3) is 4.17. The Hall–Kier alpha value is -1.28. The molecular formula is C13H19NO. The molecule has 2 heteroatoms. The smallest absolute Gasteiger partial charge is 0.122 e. The lowest BCUT2D eigenvalue weighted by molar-refractivity contribution is 0.248. The normalized spacial score (nSPS) is 10.3. The van der Waals surface area contributed by atoms with Crippen LogP contribution in [0.4, 0.5) is 0 Å². The predicted molar refractivity (Wildman–Crippen MR) is 64.4 cm³/mol. The van der Waals surface area contributed by atoms with E-state index in [1.165, 1.54) is 5.56 Å². The molecule has 0 aliphatic rings. The van der Waals surface area contributed by atoms with Crippen LogP contribution in [0.3, 0.4) is 0 Å². The van der Waals surface area contributed by atoms with E-state index in [-0.39, 0.29) is 0 Å². The summed E-state index contributed by atoms with van der Waals surface area (Å²) in [6, 6.07) is 8.08. The van der Waals surface area contributed by atoms with Crippen molar-refractivity contribution in [3.63, 3.8) is 0 Å². The number of aryl methyl sites for hydroxylation is 1. The summed E-state index contributed by atoms with van der Waals surface area (Å²) in [4.78, 5) is 2.17. The molecule has 0 aliphatic heterocycles. The largest absolute Gasteiger partial charge is 0.492 e. The molecule has 0 aromatic heterocycles. The van der Waals surface area contributed by atoms with Gasteiger partial charge >= 0.3 is 0 Å². The van der Waals surface area contributed by atoms with Crippen LogP contribution < -0.4 is 4.74 Å². The Balaban J connectivity index is 2.31. The van der Waals surface area contributed by atoms with Crippen LogP contribution in [0.2, 0.25) is 0 Å². The Kier molecular flexibility index (Phi) is 4.91. The van der Waals surface area contributed by atoms with Crippen molar-refractivity contribution in [2.45, 2.75) is 6.92 Å².